The van der Waals surface area contributed by atoms with Gasteiger partial charge in [-0.15, -0.1) is 0 Å². The first-order valence-corrected chi connectivity index (χ1v) is 8.81. The van der Waals surface area contributed by atoms with Gasteiger partial charge in [-0.2, -0.15) is 0 Å². The molecule has 0 spiro atoms. The summed E-state index contributed by atoms with van der Waals surface area (Å²) in [6.07, 6.45) is 1.62. The van der Waals surface area contributed by atoms with Crippen molar-refractivity contribution in [2.45, 2.75) is 6.61 Å². The number of carbonyl (C=O) groups is 2. The van der Waals surface area contributed by atoms with Crippen molar-refractivity contribution in [3.05, 3.63) is 76.8 Å². The molecule has 0 bridgehead atoms. The van der Waals surface area contributed by atoms with Crippen LogP contribution in [0.25, 0.3) is 17.0 Å². The van der Waals surface area contributed by atoms with Gasteiger partial charge in [-0.1, -0.05) is 36.4 Å². The summed E-state index contributed by atoms with van der Waals surface area (Å²) in [4.78, 5) is 27.7. The van der Waals surface area contributed by atoms with Crippen LogP contribution in [0.5, 0.6) is 5.75 Å². The number of aromatic nitrogens is 1. The molecule has 4 rings (SSSR count). The van der Waals surface area contributed by atoms with Gasteiger partial charge in [0.05, 0.1) is 16.1 Å². The summed E-state index contributed by atoms with van der Waals surface area (Å²) in [6, 6.07) is 19.4. The molecule has 26 heavy (non-hydrogen) atoms. The van der Waals surface area contributed by atoms with Crippen LogP contribution in [0.4, 0.5) is 4.79 Å². The van der Waals surface area contributed by atoms with Crippen molar-refractivity contribution < 1.29 is 14.3 Å². The monoisotopic (exact) mass is 362 g/mol. The van der Waals surface area contributed by atoms with E-state index < -0.39 is 0 Å². The number of nitrogens with one attached hydrogen (secondary N) is 1. The van der Waals surface area contributed by atoms with Gasteiger partial charge in [-0.05, 0) is 47.7 Å². The zero-order valence-electron chi connectivity index (χ0n) is 13.6. The van der Waals surface area contributed by atoms with Gasteiger partial charge in [0.1, 0.15) is 12.4 Å². The van der Waals surface area contributed by atoms with Crippen LogP contribution in [0.2, 0.25) is 0 Å². The minimum atomic E-state index is -0.383. The number of hydrogen-bond acceptors (Lipinski definition) is 5. The molecule has 1 N–H and O–H groups in total. The highest BCUT2D eigenvalue weighted by Crippen LogP contribution is 2.26. The fraction of sp³-hybridized carbons (Fsp3) is 0.0500. The van der Waals surface area contributed by atoms with Crippen molar-refractivity contribution in [1.82, 2.24) is 10.3 Å². The quantitative estimate of drug-likeness (QED) is 0.707. The smallest absolute Gasteiger partial charge is 0.290 e. The van der Waals surface area contributed by atoms with Crippen LogP contribution in [0.1, 0.15) is 11.3 Å². The average molecular weight is 362 g/mol. The maximum Gasteiger partial charge on any atom is 0.290 e. The summed E-state index contributed by atoms with van der Waals surface area (Å²) in [6.45, 7) is 0.504. The fourth-order valence-corrected chi connectivity index (χ4v) is 3.25. The molecule has 3 aromatic rings. The van der Waals surface area contributed by atoms with E-state index in [0.717, 1.165) is 34.0 Å². The van der Waals surface area contributed by atoms with Crippen LogP contribution in [0.15, 0.2) is 65.6 Å². The average Bonchev–Trinajstić information content (AvgIpc) is 2.97. The molecule has 1 aromatic heterocycles. The van der Waals surface area contributed by atoms with E-state index in [9.17, 15) is 9.59 Å². The molecule has 0 unspecified atom stereocenters. The lowest BCUT2D eigenvalue weighted by atomic mass is 10.2. The number of hydrogen-bond donors (Lipinski definition) is 1. The molecule has 2 heterocycles. The van der Waals surface area contributed by atoms with Crippen molar-refractivity contribution in [1.29, 1.82) is 0 Å². The molecule has 0 saturated carbocycles. The third kappa shape index (κ3) is 3.60. The Morgan fingerprint density at radius 1 is 1.04 bits per heavy atom. The van der Waals surface area contributed by atoms with Gasteiger partial charge in [-0.25, -0.2) is 4.98 Å². The van der Waals surface area contributed by atoms with E-state index in [4.69, 9.17) is 4.74 Å². The largest absolute Gasteiger partial charge is 0.489 e. The number of carbonyl (C=O) groups excluding carboxylic acids is 2. The van der Waals surface area contributed by atoms with Gasteiger partial charge in [0, 0.05) is 5.39 Å². The van der Waals surface area contributed by atoms with Crippen molar-refractivity contribution in [2.75, 3.05) is 0 Å². The first-order valence-electron chi connectivity index (χ1n) is 8.00. The van der Waals surface area contributed by atoms with E-state index in [1.165, 1.54) is 0 Å². The Kier molecular flexibility index (Phi) is 4.41. The standard InChI is InChI=1S/C20H14N2O3S/c23-19-18(26-20(24)22-19)11-15-7-6-14-10-16(8-9-17(14)21-15)25-12-13-4-2-1-3-5-13/h1-11H,12H2,(H,22,23,24). The summed E-state index contributed by atoms with van der Waals surface area (Å²) in [5.74, 6) is 0.386. The molecule has 2 aromatic carbocycles. The van der Waals surface area contributed by atoms with Gasteiger partial charge < -0.3 is 4.74 Å². The Labute approximate surface area is 154 Å². The molecule has 0 aliphatic carbocycles. The molecular formula is C20H14N2O3S. The second-order valence-corrected chi connectivity index (χ2v) is 6.73. The third-order valence-electron chi connectivity index (χ3n) is 3.85. The van der Waals surface area contributed by atoms with Crippen molar-refractivity contribution in [3.8, 4) is 5.75 Å². The molecule has 2 amide bonds. The SMILES string of the molecule is O=C1NC(=O)C(=Cc2ccc3cc(OCc4ccccc4)ccc3n2)S1. The summed E-state index contributed by atoms with van der Waals surface area (Å²) in [5, 5.41) is 2.81. The number of ether oxygens (including phenoxy) is 1. The summed E-state index contributed by atoms with van der Waals surface area (Å²) >= 11 is 0.882. The number of amides is 2. The summed E-state index contributed by atoms with van der Waals surface area (Å²) < 4.78 is 5.83. The Morgan fingerprint density at radius 2 is 1.88 bits per heavy atom. The lowest BCUT2D eigenvalue weighted by Gasteiger charge is -2.07. The van der Waals surface area contributed by atoms with Crippen molar-refractivity contribution in [2.24, 2.45) is 0 Å². The highest BCUT2D eigenvalue weighted by atomic mass is 32.2. The van der Waals surface area contributed by atoms with Gasteiger partial charge in [0.25, 0.3) is 11.1 Å². The zero-order chi connectivity index (χ0) is 17.9. The van der Waals surface area contributed by atoms with Gasteiger partial charge >= 0.3 is 0 Å². The number of benzene rings is 2. The lowest BCUT2D eigenvalue weighted by molar-refractivity contribution is -0.115. The molecule has 1 aliphatic heterocycles. The van der Waals surface area contributed by atoms with Crippen LogP contribution in [0.3, 0.4) is 0 Å². The normalized spacial score (nSPS) is 15.5. The van der Waals surface area contributed by atoms with E-state index in [1.807, 2.05) is 60.7 Å². The van der Waals surface area contributed by atoms with Crippen LogP contribution < -0.4 is 10.1 Å². The maximum absolute atomic E-state index is 11.6. The summed E-state index contributed by atoms with van der Waals surface area (Å²) in [5.41, 5.74) is 2.53. The molecule has 0 atom stereocenters. The number of thioether (sulfide) groups is 1. The van der Waals surface area contributed by atoms with Crippen molar-refractivity contribution >= 4 is 39.9 Å². The molecule has 128 valence electrons. The van der Waals surface area contributed by atoms with Gasteiger partial charge in [0.2, 0.25) is 0 Å². The third-order valence-corrected chi connectivity index (χ3v) is 4.66. The van der Waals surface area contributed by atoms with E-state index in [-0.39, 0.29) is 11.1 Å². The van der Waals surface area contributed by atoms with Gasteiger partial charge in [-0.3, -0.25) is 14.9 Å². The fourth-order valence-electron chi connectivity index (χ4n) is 2.59. The second kappa shape index (κ2) is 7.01. The van der Waals surface area contributed by atoms with E-state index in [2.05, 4.69) is 10.3 Å². The van der Waals surface area contributed by atoms with Crippen molar-refractivity contribution in [3.63, 3.8) is 0 Å². The molecule has 5 nitrogen and oxygen atoms in total. The highest BCUT2D eigenvalue weighted by molar-refractivity contribution is 8.18. The lowest BCUT2D eigenvalue weighted by Crippen LogP contribution is -2.17. The number of pyridine rings is 1. The van der Waals surface area contributed by atoms with Gasteiger partial charge in [0.15, 0.2) is 0 Å². The minimum absolute atomic E-state index is 0.352. The van der Waals surface area contributed by atoms with E-state index in [1.54, 1.807) is 6.08 Å². The molecule has 1 fully saturated rings. The zero-order valence-corrected chi connectivity index (χ0v) is 14.5. The van der Waals surface area contributed by atoms with Crippen LogP contribution in [-0.4, -0.2) is 16.1 Å². The predicted molar refractivity (Wildman–Crippen MR) is 102 cm³/mol. The first kappa shape index (κ1) is 16.4. The summed E-state index contributed by atoms with van der Waals surface area (Å²) in [7, 11) is 0. The predicted octanol–water partition coefficient (Wildman–Crippen LogP) is 4.14. The number of imide groups is 1. The number of fused-ring (bicyclic) bond motifs is 1. The molecular weight excluding hydrogens is 348 g/mol. The van der Waals surface area contributed by atoms with E-state index >= 15 is 0 Å². The Hall–Kier alpha value is -3.12. The Bertz CT molecular complexity index is 1030. The Balaban J connectivity index is 1.54. The van der Waals surface area contributed by atoms with Crippen LogP contribution in [-0.2, 0) is 11.4 Å². The van der Waals surface area contributed by atoms with Crippen LogP contribution >= 0.6 is 11.8 Å². The Morgan fingerprint density at radius 3 is 2.65 bits per heavy atom. The first-order chi connectivity index (χ1) is 12.7. The number of rotatable bonds is 4. The van der Waals surface area contributed by atoms with E-state index in [0.29, 0.717) is 17.2 Å². The topological polar surface area (TPSA) is 68.3 Å². The molecule has 1 aliphatic rings. The molecule has 6 heteroatoms. The van der Waals surface area contributed by atoms with Crippen LogP contribution in [0, 0.1) is 0 Å². The second-order valence-electron chi connectivity index (χ2n) is 5.72. The molecule has 1 saturated heterocycles. The molecule has 0 radical (unpaired) electrons. The highest BCUT2D eigenvalue weighted by Gasteiger charge is 2.25. The number of nitrogens with zero attached hydrogens (tertiary/aromatic N) is 1. The maximum atomic E-state index is 11.6. The minimum Gasteiger partial charge on any atom is -0.489 e.